The fourth-order valence-corrected chi connectivity index (χ4v) is 2.65. The summed E-state index contributed by atoms with van der Waals surface area (Å²) in [5.41, 5.74) is 2.56. The standard InChI is InChI=1S/C16H19BrN2/c1-12(10-14-6-3-4-8-16(14)17)19-13(2)15-7-5-9-18-11-15/h3-9,11-13,19H,10H2,1-2H3/t12-,13-/m1/s1. The Morgan fingerprint density at radius 3 is 2.63 bits per heavy atom. The van der Waals surface area contributed by atoms with Crippen molar-refractivity contribution in [2.24, 2.45) is 0 Å². The van der Waals surface area contributed by atoms with Gasteiger partial charge in [0.25, 0.3) is 0 Å². The fraction of sp³-hybridized carbons (Fsp3) is 0.312. The van der Waals surface area contributed by atoms with E-state index < -0.39 is 0 Å². The molecule has 0 amide bonds. The van der Waals surface area contributed by atoms with Crippen molar-refractivity contribution in [3.63, 3.8) is 0 Å². The maximum Gasteiger partial charge on any atom is 0.0315 e. The summed E-state index contributed by atoms with van der Waals surface area (Å²) in [6, 6.07) is 13.2. The van der Waals surface area contributed by atoms with Crippen molar-refractivity contribution in [2.75, 3.05) is 0 Å². The highest BCUT2D eigenvalue weighted by atomic mass is 79.9. The third-order valence-electron chi connectivity index (χ3n) is 3.20. The number of benzene rings is 1. The summed E-state index contributed by atoms with van der Waals surface area (Å²) in [5, 5.41) is 3.61. The molecular weight excluding hydrogens is 300 g/mol. The summed E-state index contributed by atoms with van der Waals surface area (Å²) in [5.74, 6) is 0. The Kier molecular flexibility index (Phi) is 5.11. The van der Waals surface area contributed by atoms with E-state index in [-0.39, 0.29) is 0 Å². The Morgan fingerprint density at radius 1 is 1.16 bits per heavy atom. The first kappa shape index (κ1) is 14.2. The minimum absolute atomic E-state index is 0.311. The summed E-state index contributed by atoms with van der Waals surface area (Å²) in [7, 11) is 0. The number of nitrogens with zero attached hydrogens (tertiary/aromatic N) is 1. The topological polar surface area (TPSA) is 24.9 Å². The van der Waals surface area contributed by atoms with E-state index in [1.54, 1.807) is 6.20 Å². The van der Waals surface area contributed by atoms with Gasteiger partial charge in [-0.05, 0) is 43.5 Å². The highest BCUT2D eigenvalue weighted by molar-refractivity contribution is 9.10. The van der Waals surface area contributed by atoms with Crippen molar-refractivity contribution in [2.45, 2.75) is 32.4 Å². The van der Waals surface area contributed by atoms with Gasteiger partial charge < -0.3 is 5.32 Å². The van der Waals surface area contributed by atoms with Gasteiger partial charge in [0.15, 0.2) is 0 Å². The number of halogens is 1. The summed E-state index contributed by atoms with van der Waals surface area (Å²) < 4.78 is 1.18. The highest BCUT2D eigenvalue weighted by Gasteiger charge is 2.11. The van der Waals surface area contributed by atoms with Crippen molar-refractivity contribution in [1.82, 2.24) is 10.3 Å². The largest absolute Gasteiger partial charge is 0.307 e. The zero-order chi connectivity index (χ0) is 13.7. The van der Waals surface area contributed by atoms with E-state index in [0.29, 0.717) is 12.1 Å². The smallest absolute Gasteiger partial charge is 0.0315 e. The Balaban J connectivity index is 1.95. The van der Waals surface area contributed by atoms with Crippen LogP contribution in [-0.2, 0) is 6.42 Å². The van der Waals surface area contributed by atoms with Gasteiger partial charge in [0.05, 0.1) is 0 Å². The van der Waals surface area contributed by atoms with E-state index >= 15 is 0 Å². The lowest BCUT2D eigenvalue weighted by Crippen LogP contribution is -2.30. The number of nitrogens with one attached hydrogen (secondary N) is 1. The van der Waals surface area contributed by atoms with Crippen LogP contribution in [0.25, 0.3) is 0 Å². The molecular formula is C16H19BrN2. The Morgan fingerprint density at radius 2 is 1.95 bits per heavy atom. The van der Waals surface area contributed by atoms with Crippen LogP contribution in [0.3, 0.4) is 0 Å². The number of aromatic nitrogens is 1. The molecule has 0 radical (unpaired) electrons. The molecule has 0 saturated carbocycles. The Labute approximate surface area is 123 Å². The Bertz CT molecular complexity index is 513. The quantitative estimate of drug-likeness (QED) is 0.896. The van der Waals surface area contributed by atoms with Crippen molar-refractivity contribution in [1.29, 1.82) is 0 Å². The van der Waals surface area contributed by atoms with Gasteiger partial charge in [-0.2, -0.15) is 0 Å². The van der Waals surface area contributed by atoms with Crippen molar-refractivity contribution >= 4 is 15.9 Å². The zero-order valence-corrected chi connectivity index (χ0v) is 12.9. The van der Waals surface area contributed by atoms with Gasteiger partial charge in [-0.15, -0.1) is 0 Å². The molecule has 0 fully saturated rings. The molecule has 0 aliphatic carbocycles. The van der Waals surface area contributed by atoms with Crippen LogP contribution in [-0.4, -0.2) is 11.0 Å². The fourth-order valence-electron chi connectivity index (χ4n) is 2.21. The van der Waals surface area contributed by atoms with Crippen LogP contribution >= 0.6 is 15.9 Å². The van der Waals surface area contributed by atoms with E-state index in [9.17, 15) is 0 Å². The van der Waals surface area contributed by atoms with Crippen LogP contribution in [0.4, 0.5) is 0 Å². The van der Waals surface area contributed by atoms with Crippen LogP contribution in [0.15, 0.2) is 53.3 Å². The SMILES string of the molecule is C[C@H](Cc1ccccc1Br)N[C@H](C)c1cccnc1. The molecule has 2 rings (SSSR count). The molecule has 1 heterocycles. The monoisotopic (exact) mass is 318 g/mol. The lowest BCUT2D eigenvalue weighted by atomic mass is 10.0. The van der Waals surface area contributed by atoms with Gasteiger partial charge in [-0.25, -0.2) is 0 Å². The second-order valence-electron chi connectivity index (χ2n) is 4.87. The zero-order valence-electron chi connectivity index (χ0n) is 11.3. The lowest BCUT2D eigenvalue weighted by molar-refractivity contribution is 0.476. The van der Waals surface area contributed by atoms with Crippen LogP contribution in [0.1, 0.15) is 31.0 Å². The van der Waals surface area contributed by atoms with E-state index in [0.717, 1.165) is 6.42 Å². The van der Waals surface area contributed by atoms with Crippen LogP contribution in [0, 0.1) is 0 Å². The average molecular weight is 319 g/mol. The minimum atomic E-state index is 0.311. The predicted molar refractivity (Wildman–Crippen MR) is 83.1 cm³/mol. The van der Waals surface area contributed by atoms with Crippen molar-refractivity contribution < 1.29 is 0 Å². The second-order valence-corrected chi connectivity index (χ2v) is 5.73. The molecule has 0 aliphatic heterocycles. The Hall–Kier alpha value is -1.19. The maximum atomic E-state index is 4.16. The third-order valence-corrected chi connectivity index (χ3v) is 3.98. The molecule has 100 valence electrons. The van der Waals surface area contributed by atoms with Gasteiger partial charge in [0, 0.05) is 29.0 Å². The third kappa shape index (κ3) is 4.15. The molecule has 1 aromatic carbocycles. The number of rotatable bonds is 5. The van der Waals surface area contributed by atoms with Gasteiger partial charge in [0.1, 0.15) is 0 Å². The van der Waals surface area contributed by atoms with E-state index in [2.05, 4.69) is 64.3 Å². The molecule has 1 N–H and O–H groups in total. The normalized spacial score (nSPS) is 14.1. The predicted octanol–water partition coefficient (Wildman–Crippen LogP) is 4.13. The van der Waals surface area contributed by atoms with Crippen LogP contribution in [0.2, 0.25) is 0 Å². The van der Waals surface area contributed by atoms with E-state index in [4.69, 9.17) is 0 Å². The van der Waals surface area contributed by atoms with Gasteiger partial charge in [-0.1, -0.05) is 40.2 Å². The summed E-state index contributed by atoms with van der Waals surface area (Å²) in [6.45, 7) is 4.39. The van der Waals surface area contributed by atoms with Crippen LogP contribution < -0.4 is 5.32 Å². The van der Waals surface area contributed by atoms with Gasteiger partial charge >= 0.3 is 0 Å². The molecule has 3 heteroatoms. The van der Waals surface area contributed by atoms with Crippen molar-refractivity contribution in [3.05, 3.63) is 64.4 Å². The second kappa shape index (κ2) is 6.83. The van der Waals surface area contributed by atoms with Crippen molar-refractivity contribution in [3.8, 4) is 0 Å². The molecule has 2 aromatic rings. The van der Waals surface area contributed by atoms with Gasteiger partial charge in [0.2, 0.25) is 0 Å². The first-order valence-electron chi connectivity index (χ1n) is 6.56. The molecule has 0 unspecified atom stereocenters. The highest BCUT2D eigenvalue weighted by Crippen LogP contribution is 2.18. The maximum absolute atomic E-state index is 4.16. The molecule has 0 aliphatic rings. The lowest BCUT2D eigenvalue weighted by Gasteiger charge is -2.20. The molecule has 19 heavy (non-hydrogen) atoms. The van der Waals surface area contributed by atoms with E-state index in [1.165, 1.54) is 15.6 Å². The molecule has 0 bridgehead atoms. The first-order chi connectivity index (χ1) is 9.16. The summed E-state index contributed by atoms with van der Waals surface area (Å²) >= 11 is 3.60. The summed E-state index contributed by atoms with van der Waals surface area (Å²) in [6.07, 6.45) is 4.73. The number of hydrogen-bond acceptors (Lipinski definition) is 2. The summed E-state index contributed by atoms with van der Waals surface area (Å²) in [4.78, 5) is 4.16. The molecule has 0 spiro atoms. The molecule has 1 aromatic heterocycles. The minimum Gasteiger partial charge on any atom is -0.307 e. The number of pyridine rings is 1. The molecule has 2 nitrogen and oxygen atoms in total. The molecule has 2 atom stereocenters. The first-order valence-corrected chi connectivity index (χ1v) is 7.35. The number of hydrogen-bond donors (Lipinski definition) is 1. The van der Waals surface area contributed by atoms with Crippen LogP contribution in [0.5, 0.6) is 0 Å². The molecule has 0 saturated heterocycles. The average Bonchev–Trinajstić information content (AvgIpc) is 2.42. The van der Waals surface area contributed by atoms with E-state index in [1.807, 2.05) is 18.3 Å². The van der Waals surface area contributed by atoms with Gasteiger partial charge in [-0.3, -0.25) is 4.98 Å².